The fourth-order valence-electron chi connectivity index (χ4n) is 1.77. The molecule has 98 valence electrons. The van der Waals surface area contributed by atoms with Crippen LogP contribution in [0.1, 0.15) is 16.9 Å². The van der Waals surface area contributed by atoms with E-state index in [0.29, 0.717) is 5.76 Å². The number of benzene rings is 1. The maximum atomic E-state index is 11.2. The third-order valence-electron chi connectivity index (χ3n) is 2.78. The van der Waals surface area contributed by atoms with Crippen LogP contribution in [0.4, 0.5) is 5.69 Å². The van der Waals surface area contributed by atoms with Gasteiger partial charge in [0.2, 0.25) is 0 Å². The van der Waals surface area contributed by atoms with Crippen LogP contribution in [0.3, 0.4) is 0 Å². The average Bonchev–Trinajstić information content (AvgIpc) is 2.36. The lowest BCUT2D eigenvalue weighted by atomic mass is 10.1. The lowest BCUT2D eigenvalue weighted by molar-refractivity contribution is 0.500. The number of hydrogen-bond donors (Lipinski definition) is 0. The highest BCUT2D eigenvalue weighted by molar-refractivity contribution is 5.68. The van der Waals surface area contributed by atoms with E-state index in [4.69, 9.17) is 4.42 Å². The van der Waals surface area contributed by atoms with Crippen LogP contribution < -0.4 is 10.5 Å². The van der Waals surface area contributed by atoms with Gasteiger partial charge in [0.25, 0.3) is 0 Å². The van der Waals surface area contributed by atoms with Gasteiger partial charge < -0.3 is 9.32 Å². The predicted octanol–water partition coefficient (Wildman–Crippen LogP) is 3.18. The van der Waals surface area contributed by atoms with Crippen molar-refractivity contribution in [2.45, 2.75) is 6.92 Å². The number of hydrogen-bond acceptors (Lipinski definition) is 3. The summed E-state index contributed by atoms with van der Waals surface area (Å²) in [6.07, 6.45) is 3.73. The first-order valence-electron chi connectivity index (χ1n) is 6.12. The van der Waals surface area contributed by atoms with Gasteiger partial charge in [0, 0.05) is 25.8 Å². The fourth-order valence-corrected chi connectivity index (χ4v) is 1.77. The average molecular weight is 255 g/mol. The highest BCUT2D eigenvalue weighted by atomic mass is 16.4. The second-order valence-corrected chi connectivity index (χ2v) is 4.68. The van der Waals surface area contributed by atoms with E-state index in [1.54, 1.807) is 6.08 Å². The molecular weight excluding hydrogens is 238 g/mol. The molecule has 1 aromatic carbocycles. The number of nitrogens with zero attached hydrogens (tertiary/aromatic N) is 1. The molecule has 0 aliphatic heterocycles. The molecule has 0 unspecified atom stereocenters. The number of rotatable bonds is 3. The molecule has 0 bridgehead atoms. The third-order valence-corrected chi connectivity index (χ3v) is 2.78. The molecule has 0 radical (unpaired) electrons. The summed E-state index contributed by atoms with van der Waals surface area (Å²) < 4.78 is 5.09. The molecule has 2 rings (SSSR count). The van der Waals surface area contributed by atoms with Gasteiger partial charge in [0.05, 0.1) is 0 Å². The minimum atomic E-state index is -0.317. The summed E-state index contributed by atoms with van der Waals surface area (Å²) in [6, 6.07) is 11.5. The van der Waals surface area contributed by atoms with E-state index < -0.39 is 0 Å². The zero-order chi connectivity index (χ0) is 13.8. The van der Waals surface area contributed by atoms with Crippen molar-refractivity contribution in [3.8, 4) is 0 Å². The minimum Gasteiger partial charge on any atom is -0.423 e. The molecule has 1 aromatic heterocycles. The van der Waals surface area contributed by atoms with Crippen molar-refractivity contribution in [1.29, 1.82) is 0 Å². The molecule has 0 aliphatic rings. The van der Waals surface area contributed by atoms with Gasteiger partial charge in [-0.25, -0.2) is 4.79 Å². The second kappa shape index (κ2) is 5.57. The van der Waals surface area contributed by atoms with E-state index in [-0.39, 0.29) is 5.63 Å². The van der Waals surface area contributed by atoms with Crippen LogP contribution in [-0.2, 0) is 0 Å². The SMILES string of the molecule is Cc1cc(C=Cc2ccc(N(C)C)cc2)oc(=O)c1. The predicted molar refractivity (Wildman–Crippen MR) is 79.4 cm³/mol. The van der Waals surface area contributed by atoms with Gasteiger partial charge in [-0.3, -0.25) is 0 Å². The molecule has 19 heavy (non-hydrogen) atoms. The maximum absolute atomic E-state index is 11.2. The van der Waals surface area contributed by atoms with Crippen molar-refractivity contribution in [3.63, 3.8) is 0 Å². The quantitative estimate of drug-likeness (QED) is 0.844. The molecule has 0 atom stereocenters. The molecule has 0 saturated heterocycles. The van der Waals surface area contributed by atoms with Gasteiger partial charge in [-0.15, -0.1) is 0 Å². The van der Waals surface area contributed by atoms with E-state index in [2.05, 4.69) is 0 Å². The Bertz CT molecular complexity index is 637. The van der Waals surface area contributed by atoms with Gasteiger partial charge in [-0.05, 0) is 42.3 Å². The zero-order valence-corrected chi connectivity index (χ0v) is 11.4. The zero-order valence-electron chi connectivity index (χ0n) is 11.4. The van der Waals surface area contributed by atoms with E-state index in [9.17, 15) is 4.79 Å². The summed E-state index contributed by atoms with van der Waals surface area (Å²) in [5.41, 5.74) is 2.80. The number of aryl methyl sites for hydroxylation is 1. The maximum Gasteiger partial charge on any atom is 0.336 e. The monoisotopic (exact) mass is 255 g/mol. The molecule has 0 spiro atoms. The van der Waals surface area contributed by atoms with Crippen molar-refractivity contribution < 1.29 is 4.42 Å². The molecule has 0 fully saturated rings. The molecular formula is C16H17NO2. The summed E-state index contributed by atoms with van der Waals surface area (Å²) in [4.78, 5) is 13.3. The number of anilines is 1. The Kier molecular flexibility index (Phi) is 3.85. The van der Waals surface area contributed by atoms with Crippen LogP contribution in [0.2, 0.25) is 0 Å². The Morgan fingerprint density at radius 1 is 1.05 bits per heavy atom. The van der Waals surface area contributed by atoms with Crippen molar-refractivity contribution in [1.82, 2.24) is 0 Å². The molecule has 2 aromatic rings. The van der Waals surface area contributed by atoms with Gasteiger partial charge in [-0.2, -0.15) is 0 Å². The fraction of sp³-hybridized carbons (Fsp3) is 0.188. The van der Waals surface area contributed by atoms with Crippen molar-refractivity contribution >= 4 is 17.8 Å². The van der Waals surface area contributed by atoms with Crippen molar-refractivity contribution in [2.75, 3.05) is 19.0 Å². The lowest BCUT2D eigenvalue weighted by Gasteiger charge is -2.11. The first-order valence-corrected chi connectivity index (χ1v) is 6.12. The second-order valence-electron chi connectivity index (χ2n) is 4.68. The van der Waals surface area contributed by atoms with Crippen LogP contribution in [0.15, 0.2) is 45.6 Å². The van der Waals surface area contributed by atoms with E-state index in [1.165, 1.54) is 6.07 Å². The van der Waals surface area contributed by atoms with Gasteiger partial charge in [0.15, 0.2) is 0 Å². The normalized spacial score (nSPS) is 10.9. The van der Waals surface area contributed by atoms with Crippen LogP contribution in [0.25, 0.3) is 12.2 Å². The van der Waals surface area contributed by atoms with E-state index >= 15 is 0 Å². The highest BCUT2D eigenvalue weighted by Crippen LogP contribution is 2.14. The Morgan fingerprint density at radius 2 is 1.74 bits per heavy atom. The standard InChI is InChI=1S/C16H17NO2/c1-12-10-15(19-16(18)11-12)9-6-13-4-7-14(8-5-13)17(2)3/h4-11H,1-3H3. The first kappa shape index (κ1) is 13.1. The van der Waals surface area contributed by atoms with Gasteiger partial charge in [0.1, 0.15) is 5.76 Å². The molecule has 3 nitrogen and oxygen atoms in total. The Morgan fingerprint density at radius 3 is 2.32 bits per heavy atom. The van der Waals surface area contributed by atoms with Crippen molar-refractivity contribution in [3.05, 3.63) is 63.7 Å². The summed E-state index contributed by atoms with van der Waals surface area (Å²) in [6.45, 7) is 1.88. The summed E-state index contributed by atoms with van der Waals surface area (Å²) in [7, 11) is 4.01. The highest BCUT2D eigenvalue weighted by Gasteiger charge is 1.96. The molecule has 1 heterocycles. The largest absolute Gasteiger partial charge is 0.423 e. The smallest absolute Gasteiger partial charge is 0.336 e. The molecule has 0 saturated carbocycles. The van der Waals surface area contributed by atoms with Crippen LogP contribution in [-0.4, -0.2) is 14.1 Å². The minimum absolute atomic E-state index is 0.317. The van der Waals surface area contributed by atoms with Crippen molar-refractivity contribution in [2.24, 2.45) is 0 Å². The molecule has 3 heteroatoms. The van der Waals surface area contributed by atoms with Crippen LogP contribution in [0.5, 0.6) is 0 Å². The van der Waals surface area contributed by atoms with Crippen LogP contribution in [0, 0.1) is 6.92 Å². The third kappa shape index (κ3) is 3.58. The summed E-state index contributed by atoms with van der Waals surface area (Å²) in [5.74, 6) is 0.571. The van der Waals surface area contributed by atoms with Gasteiger partial charge >= 0.3 is 5.63 Å². The first-order chi connectivity index (χ1) is 9.04. The van der Waals surface area contributed by atoms with E-state index in [0.717, 1.165) is 16.8 Å². The lowest BCUT2D eigenvalue weighted by Crippen LogP contribution is -2.07. The van der Waals surface area contributed by atoms with Gasteiger partial charge in [-0.1, -0.05) is 18.2 Å². The summed E-state index contributed by atoms with van der Waals surface area (Å²) >= 11 is 0. The van der Waals surface area contributed by atoms with Crippen LogP contribution >= 0.6 is 0 Å². The summed E-state index contributed by atoms with van der Waals surface area (Å²) in [5, 5.41) is 0. The van der Waals surface area contributed by atoms with E-state index in [1.807, 2.05) is 62.3 Å². The topological polar surface area (TPSA) is 33.5 Å². The Balaban J connectivity index is 2.20. The molecule has 0 amide bonds. The Labute approximate surface area is 112 Å². The molecule has 0 N–H and O–H groups in total. The Hall–Kier alpha value is -2.29. The molecule has 0 aliphatic carbocycles.